The zero-order valence-corrected chi connectivity index (χ0v) is 8.57. The fourth-order valence-corrected chi connectivity index (χ4v) is 1.29. The van der Waals surface area contributed by atoms with Crippen LogP contribution in [-0.4, -0.2) is 21.3 Å². The summed E-state index contributed by atoms with van der Waals surface area (Å²) in [6.45, 7) is 8.01. The summed E-state index contributed by atoms with van der Waals surface area (Å²) < 4.78 is 2.09. The minimum absolute atomic E-state index is 0.293. The van der Waals surface area contributed by atoms with Gasteiger partial charge in [0, 0.05) is 19.0 Å². The summed E-state index contributed by atoms with van der Waals surface area (Å²) in [6.07, 6.45) is 1.78. The fourth-order valence-electron chi connectivity index (χ4n) is 1.29. The highest BCUT2D eigenvalue weighted by atomic mass is 15.3. The Morgan fingerprint density at radius 3 is 2.69 bits per heavy atom. The van der Waals surface area contributed by atoms with Crippen LogP contribution in [-0.2, 0) is 6.54 Å². The van der Waals surface area contributed by atoms with Crippen LogP contribution < -0.4 is 5.73 Å². The van der Waals surface area contributed by atoms with Gasteiger partial charge < -0.3 is 10.3 Å². The third-order valence-corrected chi connectivity index (χ3v) is 2.00. The van der Waals surface area contributed by atoms with Crippen LogP contribution in [0.25, 0.3) is 0 Å². The van der Waals surface area contributed by atoms with E-state index in [2.05, 4.69) is 35.5 Å². The average molecular weight is 182 g/mol. The lowest BCUT2D eigenvalue weighted by molar-refractivity contribution is 0.494. The van der Waals surface area contributed by atoms with Gasteiger partial charge in [-0.25, -0.2) is 0 Å². The Labute approximate surface area is 79.2 Å². The van der Waals surface area contributed by atoms with Gasteiger partial charge in [-0.3, -0.25) is 0 Å². The van der Waals surface area contributed by atoms with E-state index in [-0.39, 0.29) is 0 Å². The summed E-state index contributed by atoms with van der Waals surface area (Å²) in [6, 6.07) is 0. The van der Waals surface area contributed by atoms with E-state index < -0.39 is 0 Å². The van der Waals surface area contributed by atoms with Crippen molar-refractivity contribution in [1.29, 1.82) is 0 Å². The molecule has 4 heteroatoms. The normalized spacial score (nSPS) is 13.6. The molecule has 1 aromatic rings. The van der Waals surface area contributed by atoms with E-state index in [0.717, 1.165) is 12.4 Å². The minimum atomic E-state index is 0.293. The lowest BCUT2D eigenvalue weighted by atomic mass is 10.1. The average Bonchev–Trinajstić information content (AvgIpc) is 2.50. The molecule has 1 heterocycles. The molecule has 0 aliphatic heterocycles. The SMILES string of the molecule is CC(C)Cn1cnnc1C(C)CN. The first-order chi connectivity index (χ1) is 6.15. The van der Waals surface area contributed by atoms with Gasteiger partial charge in [0.05, 0.1) is 0 Å². The maximum absolute atomic E-state index is 5.58. The highest BCUT2D eigenvalue weighted by Crippen LogP contribution is 2.11. The third-order valence-electron chi connectivity index (χ3n) is 2.00. The molecule has 0 amide bonds. The van der Waals surface area contributed by atoms with Gasteiger partial charge in [-0.1, -0.05) is 20.8 Å². The van der Waals surface area contributed by atoms with Crippen LogP contribution in [0.1, 0.15) is 32.5 Å². The Kier molecular flexibility index (Phi) is 3.42. The van der Waals surface area contributed by atoms with E-state index in [1.165, 1.54) is 0 Å². The molecule has 0 aliphatic carbocycles. The number of rotatable bonds is 4. The summed E-state index contributed by atoms with van der Waals surface area (Å²) in [4.78, 5) is 0. The minimum Gasteiger partial charge on any atom is -0.330 e. The Morgan fingerprint density at radius 2 is 2.15 bits per heavy atom. The maximum Gasteiger partial charge on any atom is 0.136 e. The third kappa shape index (κ3) is 2.52. The molecule has 0 spiro atoms. The predicted molar refractivity (Wildman–Crippen MR) is 52.3 cm³/mol. The molecule has 1 atom stereocenters. The van der Waals surface area contributed by atoms with Crippen molar-refractivity contribution in [2.45, 2.75) is 33.2 Å². The molecule has 0 aromatic carbocycles. The van der Waals surface area contributed by atoms with Gasteiger partial charge in [0.15, 0.2) is 0 Å². The van der Waals surface area contributed by atoms with Crippen molar-refractivity contribution in [1.82, 2.24) is 14.8 Å². The molecule has 0 saturated heterocycles. The van der Waals surface area contributed by atoms with Crippen molar-refractivity contribution in [3.8, 4) is 0 Å². The molecule has 0 fully saturated rings. The van der Waals surface area contributed by atoms with E-state index >= 15 is 0 Å². The van der Waals surface area contributed by atoms with Gasteiger partial charge in [-0.05, 0) is 5.92 Å². The topological polar surface area (TPSA) is 56.7 Å². The van der Waals surface area contributed by atoms with Gasteiger partial charge in [-0.15, -0.1) is 10.2 Å². The van der Waals surface area contributed by atoms with Crippen molar-refractivity contribution in [2.24, 2.45) is 11.7 Å². The number of hydrogen-bond donors (Lipinski definition) is 1. The van der Waals surface area contributed by atoms with E-state index in [0.29, 0.717) is 18.4 Å². The first-order valence-corrected chi connectivity index (χ1v) is 4.73. The Bertz CT molecular complexity index is 254. The number of hydrogen-bond acceptors (Lipinski definition) is 3. The number of aromatic nitrogens is 3. The molecule has 74 valence electrons. The van der Waals surface area contributed by atoms with Crippen LogP contribution in [0.5, 0.6) is 0 Å². The predicted octanol–water partition coefficient (Wildman–Crippen LogP) is 0.996. The van der Waals surface area contributed by atoms with Crippen LogP contribution in [0.4, 0.5) is 0 Å². The molecule has 0 radical (unpaired) electrons. The van der Waals surface area contributed by atoms with Crippen LogP contribution in [0.2, 0.25) is 0 Å². The first-order valence-electron chi connectivity index (χ1n) is 4.73. The summed E-state index contributed by atoms with van der Waals surface area (Å²) >= 11 is 0. The number of nitrogens with zero attached hydrogens (tertiary/aromatic N) is 3. The second kappa shape index (κ2) is 4.37. The highest BCUT2D eigenvalue weighted by molar-refractivity contribution is 4.95. The monoisotopic (exact) mass is 182 g/mol. The standard InChI is InChI=1S/C9H18N4/c1-7(2)5-13-6-11-12-9(13)8(3)4-10/h6-8H,4-5,10H2,1-3H3. The molecular weight excluding hydrogens is 164 g/mol. The zero-order chi connectivity index (χ0) is 9.84. The van der Waals surface area contributed by atoms with Gasteiger partial charge in [0.1, 0.15) is 12.2 Å². The largest absolute Gasteiger partial charge is 0.330 e. The highest BCUT2D eigenvalue weighted by Gasteiger charge is 2.11. The fraction of sp³-hybridized carbons (Fsp3) is 0.778. The lowest BCUT2D eigenvalue weighted by Gasteiger charge is -2.12. The molecular formula is C9H18N4. The molecule has 1 rings (SSSR count). The summed E-state index contributed by atoms with van der Waals surface area (Å²) in [5, 5.41) is 7.97. The molecule has 0 bridgehead atoms. The van der Waals surface area contributed by atoms with Crippen molar-refractivity contribution >= 4 is 0 Å². The van der Waals surface area contributed by atoms with Gasteiger partial charge in [0.2, 0.25) is 0 Å². The second-order valence-corrected chi connectivity index (χ2v) is 3.87. The van der Waals surface area contributed by atoms with Gasteiger partial charge >= 0.3 is 0 Å². The van der Waals surface area contributed by atoms with Crippen LogP contribution in [0.15, 0.2) is 6.33 Å². The first kappa shape index (κ1) is 10.2. The van der Waals surface area contributed by atoms with Gasteiger partial charge in [-0.2, -0.15) is 0 Å². The Morgan fingerprint density at radius 1 is 1.46 bits per heavy atom. The number of nitrogens with two attached hydrogens (primary N) is 1. The van der Waals surface area contributed by atoms with E-state index in [4.69, 9.17) is 5.73 Å². The lowest BCUT2D eigenvalue weighted by Crippen LogP contribution is -2.16. The molecule has 13 heavy (non-hydrogen) atoms. The molecule has 1 aromatic heterocycles. The van der Waals surface area contributed by atoms with Crippen molar-refractivity contribution in [2.75, 3.05) is 6.54 Å². The molecule has 0 aliphatic rings. The quantitative estimate of drug-likeness (QED) is 0.755. The van der Waals surface area contributed by atoms with Crippen molar-refractivity contribution < 1.29 is 0 Å². The van der Waals surface area contributed by atoms with Crippen LogP contribution in [0, 0.1) is 5.92 Å². The summed E-state index contributed by atoms with van der Waals surface area (Å²) in [5.74, 6) is 1.90. The molecule has 4 nitrogen and oxygen atoms in total. The Hall–Kier alpha value is -0.900. The molecule has 0 saturated carbocycles. The van der Waals surface area contributed by atoms with Crippen LogP contribution >= 0.6 is 0 Å². The summed E-state index contributed by atoms with van der Waals surface area (Å²) in [5.41, 5.74) is 5.58. The van der Waals surface area contributed by atoms with E-state index in [1.54, 1.807) is 6.33 Å². The van der Waals surface area contributed by atoms with Crippen LogP contribution in [0.3, 0.4) is 0 Å². The van der Waals surface area contributed by atoms with Crippen molar-refractivity contribution in [3.63, 3.8) is 0 Å². The Balaban J connectivity index is 2.76. The summed E-state index contributed by atoms with van der Waals surface area (Å²) in [7, 11) is 0. The van der Waals surface area contributed by atoms with Crippen molar-refractivity contribution in [3.05, 3.63) is 12.2 Å². The molecule has 2 N–H and O–H groups in total. The second-order valence-electron chi connectivity index (χ2n) is 3.87. The van der Waals surface area contributed by atoms with E-state index in [9.17, 15) is 0 Å². The van der Waals surface area contributed by atoms with E-state index in [1.807, 2.05) is 0 Å². The van der Waals surface area contributed by atoms with Gasteiger partial charge in [0.25, 0.3) is 0 Å². The smallest absolute Gasteiger partial charge is 0.136 e. The zero-order valence-electron chi connectivity index (χ0n) is 8.57. The molecule has 1 unspecified atom stereocenters. The maximum atomic E-state index is 5.58.